The second-order valence-electron chi connectivity index (χ2n) is 9.57. The maximum Gasteiger partial charge on any atom is 0.251 e. The molecule has 40 heavy (non-hydrogen) atoms. The van der Waals surface area contributed by atoms with Crippen LogP contribution in [0, 0.1) is 5.82 Å². The van der Waals surface area contributed by atoms with Crippen LogP contribution < -0.4 is 10.1 Å². The first-order valence-corrected chi connectivity index (χ1v) is 14.8. The van der Waals surface area contributed by atoms with Gasteiger partial charge in [-0.1, -0.05) is 30.3 Å². The van der Waals surface area contributed by atoms with Gasteiger partial charge in [-0.05, 0) is 73.9 Å². The van der Waals surface area contributed by atoms with E-state index in [1.165, 1.54) is 24.3 Å². The van der Waals surface area contributed by atoms with E-state index in [4.69, 9.17) is 19.6 Å². The van der Waals surface area contributed by atoms with E-state index in [2.05, 4.69) is 5.32 Å². The summed E-state index contributed by atoms with van der Waals surface area (Å²) in [5.41, 5.74) is -0.154. The van der Waals surface area contributed by atoms with Crippen molar-refractivity contribution < 1.29 is 32.2 Å². The van der Waals surface area contributed by atoms with Crippen molar-refractivity contribution in [1.82, 2.24) is 5.32 Å². The zero-order chi connectivity index (χ0) is 28.6. The number of nitrogens with zero attached hydrogens (tertiary/aromatic N) is 1. The standard InChI is InChI=1S/C30H33FN2O6S/c1-22-30(16-20-40(36,37)27-9-3-2-4-10-27,29(35)32-17-15-23-7-5-8-25(31)21-23)33-28(39-22)24-11-13-26(14-12-24)38-19-6-18-34/h2-5,7-14,21-22,34H,6,15-20H2,1H3,(H,32,35)/t22-,30-/m1/s1. The lowest BCUT2D eigenvalue weighted by Gasteiger charge is -2.28. The molecule has 0 aliphatic carbocycles. The molecule has 0 saturated heterocycles. The minimum Gasteiger partial charge on any atom is -0.494 e. The Balaban J connectivity index is 1.56. The summed E-state index contributed by atoms with van der Waals surface area (Å²) in [5, 5.41) is 11.8. The molecule has 10 heteroatoms. The lowest BCUT2D eigenvalue weighted by molar-refractivity contribution is -0.128. The number of sulfone groups is 1. The number of rotatable bonds is 13. The van der Waals surface area contributed by atoms with Gasteiger partial charge in [-0.25, -0.2) is 17.8 Å². The second kappa shape index (κ2) is 13.1. The van der Waals surface area contributed by atoms with Gasteiger partial charge in [-0.3, -0.25) is 4.79 Å². The minimum absolute atomic E-state index is 0.0347. The molecule has 1 aliphatic heterocycles. The Hall–Kier alpha value is -3.76. The van der Waals surface area contributed by atoms with Crippen molar-refractivity contribution in [2.45, 2.75) is 42.7 Å². The van der Waals surface area contributed by atoms with E-state index in [1.807, 2.05) is 0 Å². The van der Waals surface area contributed by atoms with E-state index in [0.717, 1.165) is 5.56 Å². The second-order valence-corrected chi connectivity index (χ2v) is 11.7. The van der Waals surface area contributed by atoms with E-state index in [0.29, 0.717) is 30.8 Å². The Labute approximate surface area is 233 Å². The molecule has 3 aromatic rings. The highest BCUT2D eigenvalue weighted by Crippen LogP contribution is 2.33. The third kappa shape index (κ3) is 7.05. The summed E-state index contributed by atoms with van der Waals surface area (Å²) in [6.45, 7) is 2.32. The summed E-state index contributed by atoms with van der Waals surface area (Å²) in [6.07, 6.45) is 0.0647. The Morgan fingerprint density at radius 2 is 1.85 bits per heavy atom. The largest absolute Gasteiger partial charge is 0.494 e. The molecule has 0 bridgehead atoms. The van der Waals surface area contributed by atoms with E-state index in [1.54, 1.807) is 61.5 Å². The van der Waals surface area contributed by atoms with Gasteiger partial charge in [0, 0.05) is 25.1 Å². The molecular formula is C30H33FN2O6S. The summed E-state index contributed by atoms with van der Waals surface area (Å²) in [7, 11) is -3.69. The van der Waals surface area contributed by atoms with Crippen LogP contribution in [0.1, 0.15) is 30.9 Å². The van der Waals surface area contributed by atoms with Gasteiger partial charge in [0.15, 0.2) is 15.4 Å². The van der Waals surface area contributed by atoms with Crippen LogP contribution >= 0.6 is 0 Å². The molecule has 1 heterocycles. The van der Waals surface area contributed by atoms with Gasteiger partial charge in [0.05, 0.1) is 17.3 Å². The number of nitrogens with one attached hydrogen (secondary N) is 1. The predicted octanol–water partition coefficient (Wildman–Crippen LogP) is 3.71. The number of benzene rings is 3. The van der Waals surface area contributed by atoms with Crippen molar-refractivity contribution in [1.29, 1.82) is 0 Å². The van der Waals surface area contributed by atoms with Gasteiger partial charge < -0.3 is 19.9 Å². The predicted molar refractivity (Wildman–Crippen MR) is 150 cm³/mol. The molecule has 2 atom stereocenters. The molecule has 0 unspecified atom stereocenters. The van der Waals surface area contributed by atoms with Crippen LogP contribution in [-0.4, -0.2) is 62.5 Å². The van der Waals surface area contributed by atoms with Crippen LogP contribution in [0.25, 0.3) is 0 Å². The maximum atomic E-state index is 13.7. The van der Waals surface area contributed by atoms with Crippen molar-refractivity contribution >= 4 is 21.6 Å². The Morgan fingerprint density at radius 1 is 1.10 bits per heavy atom. The molecule has 3 aromatic carbocycles. The van der Waals surface area contributed by atoms with E-state index >= 15 is 0 Å². The number of aliphatic hydroxyl groups is 1. The Morgan fingerprint density at radius 3 is 2.55 bits per heavy atom. The quantitative estimate of drug-likeness (QED) is 0.304. The maximum absolute atomic E-state index is 13.7. The Bertz CT molecular complexity index is 1430. The highest BCUT2D eigenvalue weighted by atomic mass is 32.2. The molecule has 0 aromatic heterocycles. The number of ether oxygens (including phenoxy) is 2. The summed E-state index contributed by atoms with van der Waals surface area (Å²) >= 11 is 0. The summed E-state index contributed by atoms with van der Waals surface area (Å²) in [4.78, 5) is 18.5. The van der Waals surface area contributed by atoms with Gasteiger partial charge in [0.25, 0.3) is 5.91 Å². The molecular weight excluding hydrogens is 535 g/mol. The minimum atomic E-state index is -3.69. The molecule has 0 radical (unpaired) electrons. The SMILES string of the molecule is C[C@H]1OC(c2ccc(OCCCO)cc2)=N[C@@]1(CCS(=O)(=O)c1ccccc1)C(=O)NCCc1cccc(F)c1. The number of halogens is 1. The van der Waals surface area contributed by atoms with Crippen LogP contribution in [0.2, 0.25) is 0 Å². The highest BCUT2D eigenvalue weighted by Gasteiger charge is 2.50. The summed E-state index contributed by atoms with van der Waals surface area (Å²) < 4.78 is 51.4. The van der Waals surface area contributed by atoms with Crippen LogP contribution in [0.3, 0.4) is 0 Å². The summed E-state index contributed by atoms with van der Waals surface area (Å²) in [5.74, 6) is -0.288. The lowest BCUT2D eigenvalue weighted by atomic mass is 9.90. The molecule has 0 saturated carbocycles. The van der Waals surface area contributed by atoms with E-state index in [9.17, 15) is 17.6 Å². The number of hydrogen-bond acceptors (Lipinski definition) is 7. The van der Waals surface area contributed by atoms with Crippen molar-refractivity contribution in [3.8, 4) is 5.75 Å². The number of carbonyl (C=O) groups is 1. The average molecular weight is 569 g/mol. The fraction of sp³-hybridized carbons (Fsp3) is 0.333. The third-order valence-electron chi connectivity index (χ3n) is 6.77. The molecule has 1 aliphatic rings. The van der Waals surface area contributed by atoms with Gasteiger partial charge in [-0.15, -0.1) is 0 Å². The molecule has 212 valence electrons. The first kappa shape index (κ1) is 29.2. The number of carbonyl (C=O) groups excluding carboxylic acids is 1. The van der Waals surface area contributed by atoms with Gasteiger partial charge in [-0.2, -0.15) is 0 Å². The third-order valence-corrected chi connectivity index (χ3v) is 8.50. The zero-order valence-electron chi connectivity index (χ0n) is 22.3. The molecule has 8 nitrogen and oxygen atoms in total. The van der Waals surface area contributed by atoms with Crippen molar-refractivity contribution in [3.63, 3.8) is 0 Å². The Kier molecular flexibility index (Phi) is 9.54. The van der Waals surface area contributed by atoms with Gasteiger partial charge in [0.1, 0.15) is 17.7 Å². The molecule has 0 spiro atoms. The van der Waals surface area contributed by atoms with Crippen molar-refractivity contribution in [2.75, 3.05) is 25.5 Å². The number of amides is 1. The lowest BCUT2D eigenvalue weighted by Crippen LogP contribution is -2.52. The fourth-order valence-corrected chi connectivity index (χ4v) is 5.84. The van der Waals surface area contributed by atoms with E-state index in [-0.39, 0.29) is 41.9 Å². The molecule has 0 fully saturated rings. The normalized spacial score (nSPS) is 18.6. The zero-order valence-corrected chi connectivity index (χ0v) is 23.1. The van der Waals surface area contributed by atoms with Gasteiger partial charge in [0.2, 0.25) is 5.90 Å². The van der Waals surface area contributed by atoms with Crippen LogP contribution in [0.15, 0.2) is 88.8 Å². The summed E-state index contributed by atoms with van der Waals surface area (Å²) in [6, 6.07) is 21.2. The number of aliphatic imine (C=N–C) groups is 1. The average Bonchev–Trinajstić information content (AvgIpc) is 3.30. The van der Waals surface area contributed by atoms with Crippen LogP contribution in [-0.2, 0) is 25.8 Å². The highest BCUT2D eigenvalue weighted by molar-refractivity contribution is 7.91. The molecule has 1 amide bonds. The van der Waals surface area contributed by atoms with Crippen LogP contribution in [0.4, 0.5) is 4.39 Å². The first-order chi connectivity index (χ1) is 19.2. The first-order valence-electron chi connectivity index (χ1n) is 13.1. The van der Waals surface area contributed by atoms with Crippen LogP contribution in [0.5, 0.6) is 5.75 Å². The molecule has 2 N–H and O–H groups in total. The monoisotopic (exact) mass is 568 g/mol. The number of hydrogen-bond donors (Lipinski definition) is 2. The van der Waals surface area contributed by atoms with E-state index < -0.39 is 27.4 Å². The smallest absolute Gasteiger partial charge is 0.251 e. The topological polar surface area (TPSA) is 114 Å². The van der Waals surface area contributed by atoms with Crippen molar-refractivity contribution in [3.05, 3.63) is 95.8 Å². The molecule has 4 rings (SSSR count). The van der Waals surface area contributed by atoms with Crippen molar-refractivity contribution in [2.24, 2.45) is 4.99 Å². The fourth-order valence-electron chi connectivity index (χ4n) is 4.45. The number of aliphatic hydroxyl groups excluding tert-OH is 1. The van der Waals surface area contributed by atoms with Gasteiger partial charge >= 0.3 is 0 Å².